The van der Waals surface area contributed by atoms with Gasteiger partial charge in [-0.1, -0.05) is 12.1 Å². The second-order valence-electron chi connectivity index (χ2n) is 7.05. The van der Waals surface area contributed by atoms with Crippen molar-refractivity contribution in [3.05, 3.63) is 95.1 Å². The molecule has 0 unspecified atom stereocenters. The average molecular weight is 438 g/mol. The van der Waals surface area contributed by atoms with Crippen molar-refractivity contribution in [2.45, 2.75) is 19.2 Å². The molecule has 3 heterocycles. The van der Waals surface area contributed by atoms with Crippen LogP contribution >= 0.6 is 0 Å². The quantitative estimate of drug-likeness (QED) is 0.484. The van der Waals surface area contributed by atoms with Gasteiger partial charge in [-0.05, 0) is 42.0 Å². The Labute approximate surface area is 180 Å². The van der Waals surface area contributed by atoms with Crippen LogP contribution in [0.1, 0.15) is 32.7 Å². The number of alkyl halides is 3. The first kappa shape index (κ1) is 21.2. The zero-order valence-corrected chi connectivity index (χ0v) is 16.6. The molecule has 1 aromatic carbocycles. The zero-order chi connectivity index (χ0) is 22.7. The first-order valence-corrected chi connectivity index (χ1v) is 9.57. The maximum Gasteiger partial charge on any atom is 0.419 e. The highest BCUT2D eigenvalue weighted by atomic mass is 19.4. The van der Waals surface area contributed by atoms with E-state index in [1.165, 1.54) is 18.3 Å². The van der Waals surface area contributed by atoms with Gasteiger partial charge in [-0.25, -0.2) is 9.97 Å². The number of hydrogen-bond acceptors (Lipinski definition) is 5. The topological polar surface area (TPSA) is 91.0 Å². The summed E-state index contributed by atoms with van der Waals surface area (Å²) in [7, 11) is 0. The van der Waals surface area contributed by atoms with Crippen LogP contribution in [0.5, 0.6) is 5.75 Å². The molecular weight excluding hydrogens is 421 g/mol. The highest BCUT2D eigenvalue weighted by Gasteiger charge is 2.35. The molecule has 3 aromatic heterocycles. The number of aromatic nitrogens is 3. The van der Waals surface area contributed by atoms with Gasteiger partial charge in [-0.3, -0.25) is 9.78 Å². The Balaban J connectivity index is 1.67. The van der Waals surface area contributed by atoms with E-state index in [0.29, 0.717) is 22.2 Å². The van der Waals surface area contributed by atoms with E-state index in [1.807, 2.05) is 0 Å². The summed E-state index contributed by atoms with van der Waals surface area (Å²) in [6, 6.07) is 12.1. The van der Waals surface area contributed by atoms with Gasteiger partial charge in [0.05, 0.1) is 16.8 Å². The van der Waals surface area contributed by atoms with Crippen molar-refractivity contribution in [3.8, 4) is 5.75 Å². The smallest absolute Gasteiger partial charge is 0.419 e. The van der Waals surface area contributed by atoms with E-state index in [9.17, 15) is 18.0 Å². The molecule has 0 radical (unpaired) electrons. The second kappa shape index (κ2) is 8.62. The highest BCUT2D eigenvalue weighted by Crippen LogP contribution is 2.37. The normalized spacial score (nSPS) is 11.5. The summed E-state index contributed by atoms with van der Waals surface area (Å²) < 4.78 is 46.6. The van der Waals surface area contributed by atoms with Crippen molar-refractivity contribution in [1.82, 2.24) is 15.0 Å². The van der Waals surface area contributed by atoms with Gasteiger partial charge in [0.1, 0.15) is 12.4 Å². The highest BCUT2D eigenvalue weighted by molar-refractivity contribution is 5.97. The van der Waals surface area contributed by atoms with Crippen LogP contribution in [0.3, 0.4) is 0 Å². The molecule has 4 rings (SSSR count). The van der Waals surface area contributed by atoms with Gasteiger partial charge in [0.15, 0.2) is 5.65 Å². The number of fused-ring (bicyclic) bond motifs is 1. The van der Waals surface area contributed by atoms with Crippen LogP contribution < -0.4 is 10.5 Å². The molecule has 1 amide bonds. The summed E-state index contributed by atoms with van der Waals surface area (Å²) in [6.45, 7) is -0.0556. The second-order valence-corrected chi connectivity index (χ2v) is 7.05. The number of nitrogens with zero attached hydrogens (tertiary/aromatic N) is 3. The number of nitrogens with two attached hydrogens (primary N) is 1. The van der Waals surface area contributed by atoms with Crippen LogP contribution in [0.4, 0.5) is 13.2 Å². The third kappa shape index (κ3) is 4.66. The first-order chi connectivity index (χ1) is 15.3. The Kier molecular flexibility index (Phi) is 5.72. The molecule has 0 saturated carbocycles. The maximum atomic E-state index is 13.7. The lowest BCUT2D eigenvalue weighted by atomic mass is 10.0. The van der Waals surface area contributed by atoms with Crippen molar-refractivity contribution in [3.63, 3.8) is 0 Å². The van der Waals surface area contributed by atoms with Crippen LogP contribution in [-0.2, 0) is 19.2 Å². The van der Waals surface area contributed by atoms with Crippen LogP contribution in [0, 0.1) is 0 Å². The standard InChI is InChI=1S/C23H17F3N4O2/c24-23(25,26)18-9-14(5-6-20(18)32-13-15-3-1-7-28-12-15)10-19-17(21(27)31)11-16-4-2-8-29-22(16)30-19/h1-9,11-12H,10,13H2,(H2,27,31). The van der Waals surface area contributed by atoms with Crippen LogP contribution in [0.25, 0.3) is 11.0 Å². The molecule has 0 bridgehead atoms. The van der Waals surface area contributed by atoms with E-state index >= 15 is 0 Å². The van der Waals surface area contributed by atoms with E-state index in [4.69, 9.17) is 10.5 Å². The van der Waals surface area contributed by atoms with Crippen LogP contribution in [0.15, 0.2) is 67.1 Å². The minimum absolute atomic E-state index is 0.0310. The fraction of sp³-hybridized carbons (Fsp3) is 0.130. The number of carbonyl (C=O) groups is 1. The van der Waals surface area contributed by atoms with Gasteiger partial charge in [-0.15, -0.1) is 0 Å². The zero-order valence-electron chi connectivity index (χ0n) is 16.6. The molecule has 4 aromatic rings. The molecule has 9 heteroatoms. The van der Waals surface area contributed by atoms with Crippen molar-refractivity contribution < 1.29 is 22.7 Å². The fourth-order valence-electron chi connectivity index (χ4n) is 3.26. The van der Waals surface area contributed by atoms with Gasteiger partial charge >= 0.3 is 6.18 Å². The summed E-state index contributed by atoms with van der Waals surface area (Å²) in [5.41, 5.74) is 6.26. The predicted octanol–water partition coefficient (Wildman–Crippen LogP) is 4.31. The summed E-state index contributed by atoms with van der Waals surface area (Å²) in [5.74, 6) is -1.01. The minimum Gasteiger partial charge on any atom is -0.488 e. The molecule has 0 aliphatic heterocycles. The lowest BCUT2D eigenvalue weighted by Gasteiger charge is -2.16. The number of carbonyl (C=O) groups excluding carboxylic acids is 1. The Morgan fingerprint density at radius 3 is 2.56 bits per heavy atom. The number of rotatable bonds is 6. The molecule has 0 spiro atoms. The lowest BCUT2D eigenvalue weighted by molar-refractivity contribution is -0.139. The van der Waals surface area contributed by atoms with Gasteiger partial charge < -0.3 is 10.5 Å². The fourth-order valence-corrected chi connectivity index (χ4v) is 3.26. The van der Waals surface area contributed by atoms with Gasteiger partial charge in [0, 0.05) is 36.0 Å². The third-order valence-corrected chi connectivity index (χ3v) is 4.77. The summed E-state index contributed by atoms with van der Waals surface area (Å²) in [6.07, 6.45) is -0.0380. The van der Waals surface area contributed by atoms with Crippen molar-refractivity contribution in [2.75, 3.05) is 0 Å². The van der Waals surface area contributed by atoms with E-state index in [1.54, 1.807) is 42.7 Å². The number of benzene rings is 1. The van der Waals surface area contributed by atoms with Crippen LogP contribution in [-0.4, -0.2) is 20.9 Å². The Bertz CT molecular complexity index is 1280. The largest absolute Gasteiger partial charge is 0.488 e. The molecule has 6 nitrogen and oxygen atoms in total. The van der Waals surface area contributed by atoms with Gasteiger partial charge in [-0.2, -0.15) is 13.2 Å². The summed E-state index contributed by atoms with van der Waals surface area (Å²) in [4.78, 5) is 24.3. The molecule has 0 saturated heterocycles. The number of amides is 1. The van der Waals surface area contributed by atoms with Gasteiger partial charge in [0.2, 0.25) is 0 Å². The minimum atomic E-state index is -4.63. The summed E-state index contributed by atoms with van der Waals surface area (Å²) in [5, 5.41) is 0.611. The van der Waals surface area contributed by atoms with Gasteiger partial charge in [0.25, 0.3) is 5.91 Å². The van der Waals surface area contributed by atoms with Crippen LogP contribution in [0.2, 0.25) is 0 Å². The molecular formula is C23H17F3N4O2. The lowest BCUT2D eigenvalue weighted by Crippen LogP contribution is -2.16. The Morgan fingerprint density at radius 2 is 1.84 bits per heavy atom. The number of hydrogen-bond donors (Lipinski definition) is 1. The average Bonchev–Trinajstić information content (AvgIpc) is 2.77. The molecule has 0 fully saturated rings. The number of pyridine rings is 3. The first-order valence-electron chi connectivity index (χ1n) is 9.57. The molecule has 0 aliphatic carbocycles. The SMILES string of the molecule is NC(=O)c1cc2cccnc2nc1Cc1ccc(OCc2cccnc2)c(C(F)(F)F)c1. The van der Waals surface area contributed by atoms with Crippen molar-refractivity contribution >= 4 is 16.9 Å². The predicted molar refractivity (Wildman–Crippen MR) is 111 cm³/mol. The maximum absolute atomic E-state index is 13.7. The molecule has 162 valence electrons. The Hall–Kier alpha value is -4.01. The molecule has 0 aliphatic rings. The van der Waals surface area contributed by atoms with E-state index in [-0.39, 0.29) is 30.0 Å². The van der Waals surface area contributed by atoms with E-state index in [2.05, 4.69) is 15.0 Å². The number of primary amides is 1. The third-order valence-electron chi connectivity index (χ3n) is 4.77. The van der Waals surface area contributed by atoms with Crippen molar-refractivity contribution in [1.29, 1.82) is 0 Å². The van der Waals surface area contributed by atoms with E-state index in [0.717, 1.165) is 6.07 Å². The monoisotopic (exact) mass is 438 g/mol. The number of halogens is 3. The number of ether oxygens (including phenoxy) is 1. The molecule has 2 N–H and O–H groups in total. The molecule has 0 atom stereocenters. The molecule has 32 heavy (non-hydrogen) atoms. The van der Waals surface area contributed by atoms with E-state index < -0.39 is 17.6 Å². The van der Waals surface area contributed by atoms with Crippen molar-refractivity contribution in [2.24, 2.45) is 5.73 Å². The summed E-state index contributed by atoms with van der Waals surface area (Å²) >= 11 is 0. The Morgan fingerprint density at radius 1 is 1.03 bits per heavy atom.